The first kappa shape index (κ1) is 13.6. The van der Waals surface area contributed by atoms with Gasteiger partial charge in [-0.15, -0.1) is 0 Å². The Labute approximate surface area is 115 Å². The van der Waals surface area contributed by atoms with Crippen LogP contribution in [0.15, 0.2) is 18.2 Å². The minimum Gasteiger partial charge on any atom is -0.388 e. The SMILES string of the molecule is CC1(O)CN(CC(=O)Nc2c(Cl)cccc2Cl)C1. The molecule has 1 aliphatic heterocycles. The van der Waals surface area contributed by atoms with Crippen molar-refractivity contribution in [1.29, 1.82) is 0 Å². The molecule has 0 atom stereocenters. The fraction of sp³-hybridized carbons (Fsp3) is 0.417. The van der Waals surface area contributed by atoms with Crippen LogP contribution in [-0.4, -0.2) is 41.1 Å². The maximum atomic E-state index is 11.8. The minimum absolute atomic E-state index is 0.194. The maximum absolute atomic E-state index is 11.8. The van der Waals surface area contributed by atoms with Gasteiger partial charge < -0.3 is 10.4 Å². The van der Waals surface area contributed by atoms with E-state index in [0.29, 0.717) is 28.8 Å². The molecule has 0 saturated carbocycles. The van der Waals surface area contributed by atoms with Crippen molar-refractivity contribution in [2.45, 2.75) is 12.5 Å². The molecule has 1 aromatic rings. The molecule has 1 heterocycles. The number of nitrogens with one attached hydrogen (secondary N) is 1. The summed E-state index contributed by atoms with van der Waals surface area (Å²) in [6.45, 7) is 2.96. The summed E-state index contributed by atoms with van der Waals surface area (Å²) < 4.78 is 0. The van der Waals surface area contributed by atoms with E-state index < -0.39 is 5.60 Å². The van der Waals surface area contributed by atoms with Crippen LogP contribution in [0.5, 0.6) is 0 Å². The van der Waals surface area contributed by atoms with Crippen LogP contribution in [0.25, 0.3) is 0 Å². The lowest BCUT2D eigenvalue weighted by Crippen LogP contribution is -2.61. The van der Waals surface area contributed by atoms with Crippen LogP contribution < -0.4 is 5.32 Å². The number of carbonyl (C=O) groups excluding carboxylic acids is 1. The standard InChI is InChI=1S/C12H14Cl2N2O2/c1-12(18)6-16(7-12)5-10(17)15-11-8(13)3-2-4-9(11)14/h2-4,18H,5-7H2,1H3,(H,15,17). The molecular weight excluding hydrogens is 275 g/mol. The van der Waals surface area contributed by atoms with Gasteiger partial charge in [-0.25, -0.2) is 0 Å². The molecule has 1 aromatic carbocycles. The smallest absolute Gasteiger partial charge is 0.238 e. The van der Waals surface area contributed by atoms with Crippen LogP contribution in [-0.2, 0) is 4.79 Å². The number of aliphatic hydroxyl groups is 1. The first-order valence-electron chi connectivity index (χ1n) is 5.56. The quantitative estimate of drug-likeness (QED) is 0.895. The van der Waals surface area contributed by atoms with E-state index in [1.807, 2.05) is 4.90 Å². The first-order valence-corrected chi connectivity index (χ1v) is 6.31. The first-order chi connectivity index (χ1) is 8.37. The summed E-state index contributed by atoms with van der Waals surface area (Å²) in [7, 11) is 0. The third-order valence-corrected chi connectivity index (χ3v) is 3.35. The van der Waals surface area contributed by atoms with Gasteiger partial charge in [0.05, 0.1) is 27.9 Å². The van der Waals surface area contributed by atoms with E-state index in [1.165, 1.54) is 0 Å². The molecule has 1 saturated heterocycles. The average molecular weight is 289 g/mol. The van der Waals surface area contributed by atoms with E-state index in [0.717, 1.165) is 0 Å². The van der Waals surface area contributed by atoms with Gasteiger partial charge in [0, 0.05) is 13.1 Å². The Hall–Kier alpha value is -0.810. The molecule has 2 rings (SSSR count). The zero-order chi connectivity index (χ0) is 13.3. The van der Waals surface area contributed by atoms with Crippen LogP contribution in [0.4, 0.5) is 5.69 Å². The minimum atomic E-state index is -0.678. The summed E-state index contributed by atoms with van der Waals surface area (Å²) in [6.07, 6.45) is 0. The second kappa shape index (κ2) is 5.05. The molecule has 0 spiro atoms. The Kier molecular flexibility index (Phi) is 3.82. The number of benzene rings is 1. The second-order valence-corrected chi connectivity index (χ2v) is 5.60. The maximum Gasteiger partial charge on any atom is 0.238 e. The summed E-state index contributed by atoms with van der Waals surface area (Å²) in [5.41, 5.74) is -0.249. The zero-order valence-electron chi connectivity index (χ0n) is 9.91. The lowest BCUT2D eigenvalue weighted by Gasteiger charge is -2.43. The van der Waals surface area contributed by atoms with Crippen LogP contribution in [0.2, 0.25) is 10.0 Å². The van der Waals surface area contributed by atoms with Crippen molar-refractivity contribution in [2.24, 2.45) is 0 Å². The average Bonchev–Trinajstić information content (AvgIpc) is 2.21. The number of likely N-dealkylation sites (tertiary alicyclic amines) is 1. The number of anilines is 1. The van der Waals surface area contributed by atoms with Crippen molar-refractivity contribution in [2.75, 3.05) is 25.0 Å². The Balaban J connectivity index is 1.92. The number of hydrogen-bond donors (Lipinski definition) is 2. The Morgan fingerprint density at radius 2 is 2.00 bits per heavy atom. The summed E-state index contributed by atoms with van der Waals surface area (Å²) in [5, 5.41) is 13.1. The van der Waals surface area contributed by atoms with E-state index in [2.05, 4.69) is 5.32 Å². The summed E-state index contributed by atoms with van der Waals surface area (Å²) in [6, 6.07) is 5.04. The lowest BCUT2D eigenvalue weighted by atomic mass is 9.97. The number of halogens is 2. The van der Waals surface area contributed by atoms with Crippen molar-refractivity contribution in [1.82, 2.24) is 4.90 Å². The predicted octanol–water partition coefficient (Wildman–Crippen LogP) is 2.00. The molecule has 0 aromatic heterocycles. The highest BCUT2D eigenvalue weighted by molar-refractivity contribution is 6.39. The van der Waals surface area contributed by atoms with Gasteiger partial charge in [0.25, 0.3) is 0 Å². The van der Waals surface area contributed by atoms with Crippen molar-refractivity contribution in [3.63, 3.8) is 0 Å². The van der Waals surface area contributed by atoms with Gasteiger partial charge in [0.1, 0.15) is 0 Å². The van der Waals surface area contributed by atoms with E-state index >= 15 is 0 Å². The van der Waals surface area contributed by atoms with E-state index in [1.54, 1.807) is 25.1 Å². The zero-order valence-corrected chi connectivity index (χ0v) is 11.4. The molecule has 98 valence electrons. The van der Waals surface area contributed by atoms with Crippen LogP contribution in [0.1, 0.15) is 6.92 Å². The van der Waals surface area contributed by atoms with E-state index in [9.17, 15) is 9.90 Å². The highest BCUT2D eigenvalue weighted by Crippen LogP contribution is 2.29. The van der Waals surface area contributed by atoms with Crippen molar-refractivity contribution in [3.05, 3.63) is 28.2 Å². The molecule has 2 N–H and O–H groups in total. The molecular formula is C12H14Cl2N2O2. The molecule has 0 bridgehead atoms. The van der Waals surface area contributed by atoms with Crippen LogP contribution in [0.3, 0.4) is 0 Å². The van der Waals surface area contributed by atoms with Gasteiger partial charge >= 0.3 is 0 Å². The number of carbonyl (C=O) groups is 1. The summed E-state index contributed by atoms with van der Waals surface area (Å²) >= 11 is 11.9. The molecule has 0 aliphatic carbocycles. The fourth-order valence-electron chi connectivity index (χ4n) is 2.03. The van der Waals surface area contributed by atoms with Crippen LogP contribution in [0, 0.1) is 0 Å². The van der Waals surface area contributed by atoms with Gasteiger partial charge in [-0.3, -0.25) is 9.69 Å². The van der Waals surface area contributed by atoms with Crippen LogP contribution >= 0.6 is 23.2 Å². The number of β-amino-alcohol motifs (C(OH)–C–C–N with tert-alkyl or cyclic N) is 1. The van der Waals surface area contributed by atoms with Gasteiger partial charge in [0.15, 0.2) is 0 Å². The molecule has 18 heavy (non-hydrogen) atoms. The molecule has 6 heteroatoms. The van der Waals surface area contributed by atoms with Gasteiger partial charge in [-0.05, 0) is 19.1 Å². The van der Waals surface area contributed by atoms with E-state index in [4.69, 9.17) is 23.2 Å². The fourth-order valence-corrected chi connectivity index (χ4v) is 2.52. The molecule has 0 radical (unpaired) electrons. The number of nitrogens with zero attached hydrogens (tertiary/aromatic N) is 1. The monoisotopic (exact) mass is 288 g/mol. The number of rotatable bonds is 3. The predicted molar refractivity (Wildman–Crippen MR) is 72.2 cm³/mol. The highest BCUT2D eigenvalue weighted by atomic mass is 35.5. The van der Waals surface area contributed by atoms with Crippen molar-refractivity contribution >= 4 is 34.8 Å². The molecule has 1 fully saturated rings. The molecule has 1 amide bonds. The molecule has 4 nitrogen and oxygen atoms in total. The topological polar surface area (TPSA) is 52.6 Å². The van der Waals surface area contributed by atoms with E-state index in [-0.39, 0.29) is 12.5 Å². The van der Waals surface area contributed by atoms with Crippen molar-refractivity contribution < 1.29 is 9.90 Å². The lowest BCUT2D eigenvalue weighted by molar-refractivity contribution is -0.125. The van der Waals surface area contributed by atoms with Crippen molar-refractivity contribution in [3.8, 4) is 0 Å². The molecule has 1 aliphatic rings. The summed E-state index contributed by atoms with van der Waals surface area (Å²) in [5.74, 6) is -0.194. The third kappa shape index (κ3) is 3.14. The Morgan fingerprint density at radius 3 is 2.50 bits per heavy atom. The molecule has 0 unspecified atom stereocenters. The van der Waals surface area contributed by atoms with Gasteiger partial charge in [-0.2, -0.15) is 0 Å². The van der Waals surface area contributed by atoms with Gasteiger partial charge in [-0.1, -0.05) is 29.3 Å². The third-order valence-electron chi connectivity index (χ3n) is 2.72. The Morgan fingerprint density at radius 1 is 1.44 bits per heavy atom. The Bertz CT molecular complexity index is 449. The normalized spacial score (nSPS) is 18.2. The largest absolute Gasteiger partial charge is 0.388 e. The number of hydrogen-bond acceptors (Lipinski definition) is 3. The van der Waals surface area contributed by atoms with Gasteiger partial charge in [0.2, 0.25) is 5.91 Å². The summed E-state index contributed by atoms with van der Waals surface area (Å²) in [4.78, 5) is 13.6. The number of para-hydroxylation sites is 1. The number of amides is 1. The second-order valence-electron chi connectivity index (χ2n) is 4.79. The highest BCUT2D eigenvalue weighted by Gasteiger charge is 2.37.